The van der Waals surface area contributed by atoms with Crippen molar-refractivity contribution < 1.29 is 33.0 Å². The first-order valence-electron chi connectivity index (χ1n) is 9.07. The van der Waals surface area contributed by atoms with Crippen LogP contribution in [0.15, 0.2) is 53.1 Å². The minimum Gasteiger partial charge on any atom is -0.496 e. The Morgan fingerprint density at radius 3 is 2.32 bits per heavy atom. The number of methoxy groups -OCH3 is 3. The van der Waals surface area contributed by atoms with E-state index in [1.165, 1.54) is 45.8 Å². The van der Waals surface area contributed by atoms with Crippen LogP contribution in [0.3, 0.4) is 0 Å². The molecule has 1 aromatic heterocycles. The predicted molar refractivity (Wildman–Crippen MR) is 113 cm³/mol. The zero-order valence-electron chi connectivity index (χ0n) is 17.1. The van der Waals surface area contributed by atoms with Crippen molar-refractivity contribution in [1.29, 1.82) is 0 Å². The van der Waals surface area contributed by atoms with Crippen molar-refractivity contribution in [3.63, 3.8) is 0 Å². The van der Waals surface area contributed by atoms with E-state index in [1.54, 1.807) is 24.3 Å². The molecule has 9 heteroatoms. The van der Waals surface area contributed by atoms with Gasteiger partial charge in [0, 0.05) is 22.7 Å². The number of hydrogen-bond acceptors (Lipinski definition) is 7. The van der Waals surface area contributed by atoms with Gasteiger partial charge in [-0.15, -0.1) is 0 Å². The molecule has 0 aliphatic rings. The SMILES string of the molecule is COc1ccc(Cl)cc1COC(=O)c1cc(OC)c(OC)cc1NC(=O)c1ccco1. The highest BCUT2D eigenvalue weighted by Crippen LogP contribution is 2.34. The summed E-state index contributed by atoms with van der Waals surface area (Å²) >= 11 is 6.03. The summed E-state index contributed by atoms with van der Waals surface area (Å²) in [7, 11) is 4.38. The van der Waals surface area contributed by atoms with Crippen LogP contribution in [0.25, 0.3) is 0 Å². The molecule has 3 rings (SSSR count). The van der Waals surface area contributed by atoms with E-state index in [-0.39, 0.29) is 23.6 Å². The highest BCUT2D eigenvalue weighted by atomic mass is 35.5. The van der Waals surface area contributed by atoms with Gasteiger partial charge in [-0.1, -0.05) is 11.6 Å². The van der Waals surface area contributed by atoms with Crippen LogP contribution in [0.4, 0.5) is 5.69 Å². The molecule has 162 valence electrons. The molecule has 0 saturated heterocycles. The Kier molecular flexibility index (Phi) is 7.04. The second-order valence-corrected chi connectivity index (χ2v) is 6.65. The summed E-state index contributed by atoms with van der Waals surface area (Å²) in [6, 6.07) is 11.0. The third-order valence-corrected chi connectivity index (χ3v) is 4.57. The number of esters is 1. The Hall–Kier alpha value is -3.65. The molecule has 8 nitrogen and oxygen atoms in total. The smallest absolute Gasteiger partial charge is 0.340 e. The molecule has 0 bridgehead atoms. The zero-order chi connectivity index (χ0) is 22.4. The van der Waals surface area contributed by atoms with Crippen molar-refractivity contribution in [2.75, 3.05) is 26.6 Å². The largest absolute Gasteiger partial charge is 0.496 e. The molecule has 3 aromatic rings. The Morgan fingerprint density at radius 2 is 1.68 bits per heavy atom. The van der Waals surface area contributed by atoms with Crippen LogP contribution in [0.2, 0.25) is 5.02 Å². The lowest BCUT2D eigenvalue weighted by atomic mass is 10.1. The van der Waals surface area contributed by atoms with Gasteiger partial charge in [0.2, 0.25) is 0 Å². The number of amides is 1. The first-order valence-corrected chi connectivity index (χ1v) is 9.45. The van der Waals surface area contributed by atoms with Crippen molar-refractivity contribution in [3.8, 4) is 17.2 Å². The molecule has 0 aliphatic carbocycles. The van der Waals surface area contributed by atoms with Crippen LogP contribution in [0, 0.1) is 0 Å². The summed E-state index contributed by atoms with van der Waals surface area (Å²) in [5.41, 5.74) is 0.825. The predicted octanol–water partition coefficient (Wildman–Crippen LogP) is 4.57. The molecular weight excluding hydrogens is 426 g/mol. The summed E-state index contributed by atoms with van der Waals surface area (Å²) < 4.78 is 26.4. The number of ether oxygens (including phenoxy) is 4. The van der Waals surface area contributed by atoms with E-state index in [0.717, 1.165) is 0 Å². The molecule has 2 aromatic carbocycles. The number of hydrogen-bond donors (Lipinski definition) is 1. The fraction of sp³-hybridized carbons (Fsp3) is 0.182. The maximum Gasteiger partial charge on any atom is 0.340 e. The quantitative estimate of drug-likeness (QED) is 0.507. The number of halogens is 1. The van der Waals surface area contributed by atoms with Crippen LogP contribution >= 0.6 is 11.6 Å². The van der Waals surface area contributed by atoms with Crippen LogP contribution < -0.4 is 19.5 Å². The van der Waals surface area contributed by atoms with Crippen molar-refractivity contribution in [1.82, 2.24) is 0 Å². The lowest BCUT2D eigenvalue weighted by molar-refractivity contribution is 0.0471. The topological polar surface area (TPSA) is 96.2 Å². The van der Waals surface area contributed by atoms with Gasteiger partial charge in [-0.05, 0) is 30.3 Å². The van der Waals surface area contributed by atoms with Crippen LogP contribution in [0.5, 0.6) is 17.2 Å². The Labute approximate surface area is 183 Å². The molecule has 0 spiro atoms. The van der Waals surface area contributed by atoms with Gasteiger partial charge in [0.05, 0.1) is 38.8 Å². The molecule has 0 radical (unpaired) electrons. The molecule has 31 heavy (non-hydrogen) atoms. The summed E-state index contributed by atoms with van der Waals surface area (Å²) in [4.78, 5) is 25.3. The number of carbonyl (C=O) groups is 2. The molecule has 0 fully saturated rings. The fourth-order valence-corrected chi connectivity index (χ4v) is 3.02. The number of carbonyl (C=O) groups excluding carboxylic acids is 2. The number of furan rings is 1. The third-order valence-electron chi connectivity index (χ3n) is 4.34. The van der Waals surface area contributed by atoms with E-state index in [4.69, 9.17) is 35.0 Å². The lowest BCUT2D eigenvalue weighted by Crippen LogP contribution is -2.16. The zero-order valence-corrected chi connectivity index (χ0v) is 17.8. The van der Waals surface area contributed by atoms with E-state index < -0.39 is 11.9 Å². The summed E-state index contributed by atoms with van der Waals surface area (Å²) in [5, 5.41) is 3.11. The molecule has 0 unspecified atom stereocenters. The first kappa shape index (κ1) is 22.0. The number of benzene rings is 2. The monoisotopic (exact) mass is 445 g/mol. The van der Waals surface area contributed by atoms with Gasteiger partial charge in [0.1, 0.15) is 12.4 Å². The second-order valence-electron chi connectivity index (χ2n) is 6.22. The van der Waals surface area contributed by atoms with Crippen LogP contribution in [0.1, 0.15) is 26.5 Å². The van der Waals surface area contributed by atoms with Gasteiger partial charge in [0.25, 0.3) is 5.91 Å². The molecular formula is C22H20ClNO7. The highest BCUT2D eigenvalue weighted by Gasteiger charge is 2.21. The van der Waals surface area contributed by atoms with Crippen molar-refractivity contribution in [3.05, 3.63) is 70.6 Å². The number of rotatable bonds is 8. The van der Waals surface area contributed by atoms with Gasteiger partial charge in [0.15, 0.2) is 17.3 Å². The Morgan fingerprint density at radius 1 is 0.968 bits per heavy atom. The van der Waals surface area contributed by atoms with Crippen molar-refractivity contribution in [2.24, 2.45) is 0 Å². The molecule has 1 N–H and O–H groups in total. The average molecular weight is 446 g/mol. The number of anilines is 1. The first-order chi connectivity index (χ1) is 15.0. The van der Waals surface area contributed by atoms with Gasteiger partial charge < -0.3 is 28.7 Å². The summed E-state index contributed by atoms with van der Waals surface area (Å²) in [5.74, 6) is -0.00906. The Balaban J connectivity index is 1.89. The standard InChI is InChI=1S/C22H20ClNO7/c1-27-17-7-6-14(23)9-13(17)12-31-22(26)15-10-19(28-2)20(29-3)11-16(15)24-21(25)18-5-4-8-30-18/h4-11H,12H2,1-3H3,(H,24,25). The lowest BCUT2D eigenvalue weighted by Gasteiger charge is -2.15. The molecule has 0 aliphatic heterocycles. The molecule has 1 heterocycles. The van der Waals surface area contributed by atoms with Gasteiger partial charge >= 0.3 is 5.97 Å². The van der Waals surface area contributed by atoms with Crippen LogP contribution in [-0.2, 0) is 11.3 Å². The van der Waals surface area contributed by atoms with E-state index in [1.807, 2.05) is 0 Å². The van der Waals surface area contributed by atoms with E-state index in [0.29, 0.717) is 27.8 Å². The van der Waals surface area contributed by atoms with Crippen LogP contribution in [-0.4, -0.2) is 33.2 Å². The molecule has 1 amide bonds. The summed E-state index contributed by atoms with van der Waals surface area (Å²) in [6.45, 7) is -0.0948. The van der Waals surface area contributed by atoms with Gasteiger partial charge in [-0.2, -0.15) is 0 Å². The normalized spacial score (nSPS) is 10.3. The van der Waals surface area contributed by atoms with E-state index in [9.17, 15) is 9.59 Å². The third kappa shape index (κ3) is 5.10. The summed E-state index contributed by atoms with van der Waals surface area (Å²) in [6.07, 6.45) is 1.37. The van der Waals surface area contributed by atoms with Gasteiger partial charge in [-0.25, -0.2) is 4.79 Å². The minimum absolute atomic E-state index is 0.0681. The Bertz CT molecular complexity index is 1080. The second kappa shape index (κ2) is 9.90. The average Bonchev–Trinajstić information content (AvgIpc) is 3.32. The maximum atomic E-state index is 12.9. The minimum atomic E-state index is -0.697. The molecule has 0 saturated carbocycles. The van der Waals surface area contributed by atoms with E-state index in [2.05, 4.69) is 5.32 Å². The number of nitrogens with one attached hydrogen (secondary N) is 1. The van der Waals surface area contributed by atoms with Crippen molar-refractivity contribution >= 4 is 29.2 Å². The maximum absolute atomic E-state index is 12.9. The molecule has 0 atom stereocenters. The van der Waals surface area contributed by atoms with Gasteiger partial charge in [-0.3, -0.25) is 4.79 Å². The van der Waals surface area contributed by atoms with E-state index >= 15 is 0 Å². The highest BCUT2D eigenvalue weighted by molar-refractivity contribution is 6.30. The van der Waals surface area contributed by atoms with Crippen molar-refractivity contribution in [2.45, 2.75) is 6.61 Å². The fourth-order valence-electron chi connectivity index (χ4n) is 2.82.